The van der Waals surface area contributed by atoms with E-state index in [2.05, 4.69) is 22.0 Å². The van der Waals surface area contributed by atoms with Gasteiger partial charge < -0.3 is 29.0 Å². The van der Waals surface area contributed by atoms with Crippen molar-refractivity contribution >= 4 is 39.2 Å². The summed E-state index contributed by atoms with van der Waals surface area (Å²) in [7, 11) is 3.29. The highest BCUT2D eigenvalue weighted by Gasteiger charge is 2.53. The summed E-state index contributed by atoms with van der Waals surface area (Å²) in [6.07, 6.45) is 9.49. The highest BCUT2D eigenvalue weighted by atomic mass is 35.5. The van der Waals surface area contributed by atoms with Crippen molar-refractivity contribution in [1.29, 1.82) is 0 Å². The minimum Gasteiger partial charge on any atom is -0.480 e. The van der Waals surface area contributed by atoms with E-state index >= 15 is 4.39 Å². The molecule has 3 aromatic heterocycles. The van der Waals surface area contributed by atoms with Crippen molar-refractivity contribution in [3.05, 3.63) is 28.7 Å². The fraction of sp³-hybridized carbons (Fsp3) is 0.622. The summed E-state index contributed by atoms with van der Waals surface area (Å²) in [4.78, 5) is 19.0. The van der Waals surface area contributed by atoms with Crippen LogP contribution in [0.2, 0.25) is 5.02 Å². The summed E-state index contributed by atoms with van der Waals surface area (Å²) in [5, 5.41) is 19.6. The van der Waals surface area contributed by atoms with Gasteiger partial charge in [0.1, 0.15) is 28.0 Å². The molecule has 2 aliphatic carbocycles. The van der Waals surface area contributed by atoms with Gasteiger partial charge in [0, 0.05) is 48.1 Å². The number of β-amino-alcohol motifs (C(OH)–C–C–N with tert-alkyl or cyclic N) is 1. The molecule has 1 aromatic carbocycles. The molecule has 4 aliphatic rings. The summed E-state index contributed by atoms with van der Waals surface area (Å²) in [5.41, 5.74) is 0.569. The second kappa shape index (κ2) is 13.2. The average Bonchev–Trinajstić information content (AvgIpc) is 3.69. The van der Waals surface area contributed by atoms with Crippen molar-refractivity contribution in [2.45, 2.75) is 95.5 Å². The second-order valence-corrected chi connectivity index (χ2v) is 15.8. The van der Waals surface area contributed by atoms with Gasteiger partial charge in [-0.1, -0.05) is 18.0 Å². The quantitative estimate of drug-likeness (QED) is 0.227. The van der Waals surface area contributed by atoms with Gasteiger partial charge in [-0.2, -0.15) is 15.1 Å². The number of piperidine rings is 1. The molecule has 4 fully saturated rings. The molecule has 1 unspecified atom stereocenters. The van der Waals surface area contributed by atoms with E-state index in [4.69, 9.17) is 45.5 Å². The van der Waals surface area contributed by atoms with E-state index in [1.807, 2.05) is 17.9 Å². The van der Waals surface area contributed by atoms with E-state index in [-0.39, 0.29) is 47.1 Å². The molecule has 51 heavy (non-hydrogen) atoms. The maximum atomic E-state index is 17.2. The van der Waals surface area contributed by atoms with Crippen molar-refractivity contribution in [3.63, 3.8) is 0 Å². The number of methoxy groups -OCH3 is 2. The van der Waals surface area contributed by atoms with Crippen molar-refractivity contribution in [3.8, 4) is 23.1 Å². The SMILES string of the molecule is COc1nc(-c2c(Cl)c(C)cc3[nH]ncc23)c(F)c2nc(OC[C@]34CCC[C@H]3N(C3CC(OC)C3)C(C)CC4)nc(N3CCOC[C@@](C)(O)C3)c12. The van der Waals surface area contributed by atoms with Gasteiger partial charge in [0.2, 0.25) is 5.88 Å². The molecule has 5 heterocycles. The number of rotatable bonds is 8. The van der Waals surface area contributed by atoms with Crippen LogP contribution < -0.4 is 14.4 Å². The minimum atomic E-state index is -1.18. The third-order valence-electron chi connectivity index (χ3n) is 11.9. The van der Waals surface area contributed by atoms with Gasteiger partial charge in [-0.3, -0.25) is 10.00 Å². The molecule has 12 nitrogen and oxygen atoms in total. The van der Waals surface area contributed by atoms with Gasteiger partial charge in [-0.15, -0.1) is 0 Å². The highest BCUT2D eigenvalue weighted by Crippen LogP contribution is 2.52. The molecule has 274 valence electrons. The zero-order valence-corrected chi connectivity index (χ0v) is 30.7. The summed E-state index contributed by atoms with van der Waals surface area (Å²) in [6.45, 7) is 7.42. The largest absolute Gasteiger partial charge is 0.480 e. The first-order valence-electron chi connectivity index (χ1n) is 18.1. The molecule has 4 atom stereocenters. The van der Waals surface area contributed by atoms with Crippen LogP contribution >= 0.6 is 11.6 Å². The fourth-order valence-electron chi connectivity index (χ4n) is 9.19. The Morgan fingerprint density at radius 2 is 2.00 bits per heavy atom. The Morgan fingerprint density at radius 1 is 1.18 bits per heavy atom. The smallest absolute Gasteiger partial charge is 0.319 e. The van der Waals surface area contributed by atoms with E-state index < -0.39 is 11.4 Å². The van der Waals surface area contributed by atoms with E-state index in [1.54, 1.807) is 20.2 Å². The molecule has 14 heteroatoms. The van der Waals surface area contributed by atoms with Crippen LogP contribution in [0.5, 0.6) is 11.9 Å². The minimum absolute atomic E-state index is 0.00434. The van der Waals surface area contributed by atoms with E-state index in [9.17, 15) is 5.11 Å². The van der Waals surface area contributed by atoms with Crippen LogP contribution in [-0.2, 0) is 9.47 Å². The lowest BCUT2D eigenvalue weighted by Gasteiger charge is -2.55. The molecule has 0 radical (unpaired) electrons. The molecule has 2 N–H and O–H groups in total. The number of H-pyrrole nitrogens is 1. The highest BCUT2D eigenvalue weighted by molar-refractivity contribution is 6.35. The number of hydrogen-bond donors (Lipinski definition) is 2. The normalized spacial score (nSPS) is 30.0. The number of anilines is 1. The number of likely N-dealkylation sites (tertiary alicyclic amines) is 1. The van der Waals surface area contributed by atoms with Crippen LogP contribution in [0, 0.1) is 18.2 Å². The van der Waals surface area contributed by atoms with Crippen LogP contribution in [0.1, 0.15) is 64.4 Å². The molecule has 2 saturated carbocycles. The number of aromatic amines is 1. The number of fused-ring (bicyclic) bond motifs is 3. The topological polar surface area (TPSA) is 131 Å². The molecule has 2 saturated heterocycles. The molecule has 0 bridgehead atoms. The van der Waals surface area contributed by atoms with Gasteiger partial charge in [0.25, 0.3) is 0 Å². The number of ether oxygens (including phenoxy) is 4. The summed E-state index contributed by atoms with van der Waals surface area (Å²) >= 11 is 6.87. The summed E-state index contributed by atoms with van der Waals surface area (Å²) in [5.74, 6) is -0.193. The monoisotopic (exact) mass is 723 g/mol. The number of nitrogens with one attached hydrogen (secondary N) is 1. The fourth-order valence-corrected chi connectivity index (χ4v) is 9.44. The molecule has 4 aromatic rings. The van der Waals surface area contributed by atoms with Crippen LogP contribution in [0.25, 0.3) is 33.1 Å². The lowest BCUT2D eigenvalue weighted by Crippen LogP contribution is -2.62. The number of benzene rings is 1. The van der Waals surface area contributed by atoms with Crippen LogP contribution in [-0.4, -0.2) is 112 Å². The third kappa shape index (κ3) is 5.98. The molecular formula is C37H47ClFN7O5. The van der Waals surface area contributed by atoms with Crippen molar-refractivity contribution in [2.75, 3.05) is 52.0 Å². The predicted molar refractivity (Wildman–Crippen MR) is 192 cm³/mol. The Balaban J connectivity index is 1.24. The van der Waals surface area contributed by atoms with Gasteiger partial charge in [-0.25, -0.2) is 9.37 Å². The van der Waals surface area contributed by atoms with Crippen molar-refractivity contribution in [2.24, 2.45) is 5.41 Å². The lowest BCUT2D eigenvalue weighted by molar-refractivity contribution is -0.105. The number of aromatic nitrogens is 5. The summed E-state index contributed by atoms with van der Waals surface area (Å²) < 4.78 is 41.1. The third-order valence-corrected chi connectivity index (χ3v) is 12.3. The van der Waals surface area contributed by atoms with Crippen molar-refractivity contribution in [1.82, 2.24) is 30.0 Å². The van der Waals surface area contributed by atoms with Crippen molar-refractivity contribution < 1.29 is 28.4 Å². The first kappa shape index (κ1) is 34.7. The molecule has 2 aliphatic heterocycles. The van der Waals surface area contributed by atoms with E-state index in [0.29, 0.717) is 71.3 Å². The molecular weight excluding hydrogens is 677 g/mol. The maximum Gasteiger partial charge on any atom is 0.319 e. The first-order valence-corrected chi connectivity index (χ1v) is 18.5. The Kier molecular flexibility index (Phi) is 9.02. The van der Waals surface area contributed by atoms with E-state index in [1.165, 1.54) is 7.11 Å². The number of halogens is 2. The van der Waals surface area contributed by atoms with Gasteiger partial charge in [-0.05, 0) is 70.9 Å². The molecule has 0 spiro atoms. The lowest BCUT2D eigenvalue weighted by atomic mass is 9.71. The summed E-state index contributed by atoms with van der Waals surface area (Å²) in [6, 6.07) is 3.33. The van der Waals surface area contributed by atoms with Crippen LogP contribution in [0.3, 0.4) is 0 Å². The van der Waals surface area contributed by atoms with Gasteiger partial charge in [0.05, 0.1) is 56.3 Å². The molecule has 0 amide bonds. The Bertz CT molecular complexity index is 1950. The average molecular weight is 724 g/mol. The standard InChI is InChI=1S/C37H47ClFN7O5/c1-20-13-25-24(16-40-44-25)27(29(20)38)31-30(39)32-28(34(41-31)49-5)33(45-11-12-50-18-36(3,47)17-45)43-35(42-32)51-19-37-9-6-7-26(37)46(21(2)8-10-37)22-14-23(15-22)48-4/h13,16,21-23,26,47H,6-12,14-15,17-19H2,1-5H3,(H,40,44)/t21?,22?,23?,26-,36+,37-/m1/s1. The number of hydrogen-bond acceptors (Lipinski definition) is 11. The van der Waals surface area contributed by atoms with Crippen LogP contribution in [0.15, 0.2) is 12.3 Å². The Morgan fingerprint density at radius 3 is 2.78 bits per heavy atom. The number of aliphatic hydroxyl groups is 1. The predicted octanol–water partition coefficient (Wildman–Crippen LogP) is 5.84. The number of pyridine rings is 1. The van der Waals surface area contributed by atoms with Crippen LogP contribution in [0.4, 0.5) is 10.2 Å². The second-order valence-electron chi connectivity index (χ2n) is 15.4. The Hall–Kier alpha value is -3.36. The first-order chi connectivity index (χ1) is 24.5. The zero-order valence-electron chi connectivity index (χ0n) is 30.0. The van der Waals surface area contributed by atoms with Gasteiger partial charge in [0.15, 0.2) is 5.82 Å². The number of nitrogens with zero attached hydrogens (tertiary/aromatic N) is 6. The van der Waals surface area contributed by atoms with Gasteiger partial charge >= 0.3 is 6.01 Å². The maximum absolute atomic E-state index is 17.2. The Labute approximate surface area is 302 Å². The van der Waals surface area contributed by atoms with E-state index in [0.717, 1.165) is 50.5 Å². The molecule has 8 rings (SSSR count). The number of aryl methyl sites for hydroxylation is 1. The zero-order chi connectivity index (χ0) is 35.7.